The standard InChI is InChI=1S/C20H27N3O4S/c1-19(2,3)27-18(25)21-12-20(4,13-7-8-13)23-16(24)10-14-11-26-17(22-14)15-6-5-9-28-15/h5-6,9,11,13H,7-8,10,12H2,1-4H3,(H,21,25)(H,23,24). The lowest BCUT2D eigenvalue weighted by Crippen LogP contribution is -2.56. The van der Waals surface area contributed by atoms with Gasteiger partial charge < -0.3 is 19.8 Å². The maximum Gasteiger partial charge on any atom is 0.407 e. The van der Waals surface area contributed by atoms with Gasteiger partial charge in [-0.05, 0) is 57.9 Å². The summed E-state index contributed by atoms with van der Waals surface area (Å²) < 4.78 is 10.8. The Hall–Kier alpha value is -2.35. The zero-order valence-corrected chi connectivity index (χ0v) is 17.5. The molecule has 2 heterocycles. The molecule has 1 aliphatic rings. The molecule has 0 spiro atoms. The fourth-order valence-electron chi connectivity index (χ4n) is 3.01. The van der Waals surface area contributed by atoms with Gasteiger partial charge in [-0.15, -0.1) is 11.3 Å². The number of carbonyl (C=O) groups excluding carboxylic acids is 2. The first kappa shape index (κ1) is 20.4. The van der Waals surface area contributed by atoms with Crippen molar-refractivity contribution in [3.8, 4) is 10.8 Å². The third-order valence-electron chi connectivity index (χ3n) is 4.53. The van der Waals surface area contributed by atoms with Gasteiger partial charge in [-0.2, -0.15) is 0 Å². The van der Waals surface area contributed by atoms with E-state index in [9.17, 15) is 9.59 Å². The Morgan fingerprint density at radius 1 is 1.32 bits per heavy atom. The summed E-state index contributed by atoms with van der Waals surface area (Å²) in [5, 5.41) is 7.81. The maximum absolute atomic E-state index is 12.6. The molecule has 7 nitrogen and oxygen atoms in total. The van der Waals surface area contributed by atoms with Crippen molar-refractivity contribution in [3.05, 3.63) is 29.5 Å². The quantitative estimate of drug-likeness (QED) is 0.732. The molecule has 1 aliphatic carbocycles. The Labute approximate surface area is 168 Å². The number of hydrogen-bond acceptors (Lipinski definition) is 6. The third-order valence-corrected chi connectivity index (χ3v) is 5.39. The van der Waals surface area contributed by atoms with Crippen molar-refractivity contribution < 1.29 is 18.7 Å². The summed E-state index contributed by atoms with van der Waals surface area (Å²) in [7, 11) is 0. The fraction of sp³-hybridized carbons (Fsp3) is 0.550. The first-order valence-corrected chi connectivity index (χ1v) is 10.3. The highest BCUT2D eigenvalue weighted by molar-refractivity contribution is 7.13. The van der Waals surface area contributed by atoms with Crippen molar-refractivity contribution in [1.82, 2.24) is 15.6 Å². The Bertz CT molecular complexity index is 821. The smallest absolute Gasteiger partial charge is 0.407 e. The predicted octanol–water partition coefficient (Wildman–Crippen LogP) is 3.76. The second-order valence-electron chi connectivity index (χ2n) is 8.39. The monoisotopic (exact) mass is 405 g/mol. The van der Waals surface area contributed by atoms with Crippen LogP contribution in [0.2, 0.25) is 0 Å². The summed E-state index contributed by atoms with van der Waals surface area (Å²) in [6, 6.07) is 3.85. The van der Waals surface area contributed by atoms with E-state index in [-0.39, 0.29) is 12.3 Å². The molecule has 0 bridgehead atoms. The van der Waals surface area contributed by atoms with Gasteiger partial charge in [-0.1, -0.05) is 6.07 Å². The van der Waals surface area contributed by atoms with Crippen LogP contribution >= 0.6 is 11.3 Å². The molecule has 1 fully saturated rings. The molecule has 28 heavy (non-hydrogen) atoms. The van der Waals surface area contributed by atoms with Gasteiger partial charge in [0, 0.05) is 6.54 Å². The number of nitrogens with one attached hydrogen (secondary N) is 2. The number of ether oxygens (including phenoxy) is 1. The summed E-state index contributed by atoms with van der Waals surface area (Å²) in [5.74, 6) is 0.714. The number of nitrogens with zero attached hydrogens (tertiary/aromatic N) is 1. The van der Waals surface area contributed by atoms with Crippen LogP contribution in [0.5, 0.6) is 0 Å². The van der Waals surface area contributed by atoms with Crippen LogP contribution in [0.3, 0.4) is 0 Å². The van der Waals surface area contributed by atoms with Gasteiger partial charge >= 0.3 is 6.09 Å². The molecule has 1 atom stereocenters. The number of rotatable bonds is 7. The van der Waals surface area contributed by atoms with Crippen LogP contribution in [0.1, 0.15) is 46.2 Å². The summed E-state index contributed by atoms with van der Waals surface area (Å²) in [6.45, 7) is 7.72. The zero-order chi connectivity index (χ0) is 20.4. The molecule has 2 amide bonds. The van der Waals surface area contributed by atoms with E-state index in [0.717, 1.165) is 17.7 Å². The van der Waals surface area contributed by atoms with Crippen molar-refractivity contribution in [3.63, 3.8) is 0 Å². The predicted molar refractivity (Wildman–Crippen MR) is 107 cm³/mol. The van der Waals surface area contributed by atoms with Crippen LogP contribution in [0.15, 0.2) is 28.2 Å². The molecule has 0 radical (unpaired) electrons. The first-order valence-electron chi connectivity index (χ1n) is 9.41. The van der Waals surface area contributed by atoms with E-state index in [4.69, 9.17) is 9.15 Å². The number of hydrogen-bond donors (Lipinski definition) is 2. The highest BCUT2D eigenvalue weighted by Crippen LogP contribution is 2.39. The number of oxazole rings is 1. The van der Waals surface area contributed by atoms with Crippen molar-refractivity contribution in [2.75, 3.05) is 6.54 Å². The van der Waals surface area contributed by atoms with Crippen LogP contribution in [-0.2, 0) is 16.0 Å². The number of alkyl carbamates (subject to hydrolysis) is 1. The van der Waals surface area contributed by atoms with Crippen LogP contribution in [0, 0.1) is 5.92 Å². The zero-order valence-electron chi connectivity index (χ0n) is 16.7. The minimum atomic E-state index is -0.559. The van der Waals surface area contributed by atoms with Crippen LogP contribution in [0.25, 0.3) is 10.8 Å². The van der Waals surface area contributed by atoms with Crippen molar-refractivity contribution in [2.45, 2.75) is 58.1 Å². The van der Waals surface area contributed by atoms with Crippen molar-refractivity contribution >= 4 is 23.3 Å². The van der Waals surface area contributed by atoms with E-state index in [2.05, 4.69) is 15.6 Å². The Balaban J connectivity index is 1.56. The average molecular weight is 406 g/mol. The van der Waals surface area contributed by atoms with E-state index < -0.39 is 17.2 Å². The minimum Gasteiger partial charge on any atom is -0.444 e. The summed E-state index contributed by atoms with van der Waals surface area (Å²) in [5.41, 5.74) is -0.496. The van der Waals surface area contributed by atoms with Gasteiger partial charge in [-0.3, -0.25) is 4.79 Å². The molecular weight excluding hydrogens is 378 g/mol. The van der Waals surface area contributed by atoms with Crippen molar-refractivity contribution in [2.24, 2.45) is 5.92 Å². The number of amides is 2. The number of aromatic nitrogens is 1. The average Bonchev–Trinajstić information content (AvgIpc) is 3.12. The molecule has 0 aromatic carbocycles. The molecular formula is C20H27N3O4S. The van der Waals surface area contributed by atoms with Gasteiger partial charge in [0.15, 0.2) is 0 Å². The molecule has 0 saturated heterocycles. The van der Waals surface area contributed by atoms with E-state index in [1.807, 2.05) is 45.2 Å². The minimum absolute atomic E-state index is 0.129. The van der Waals surface area contributed by atoms with Crippen LogP contribution < -0.4 is 10.6 Å². The number of carbonyl (C=O) groups is 2. The highest BCUT2D eigenvalue weighted by Gasteiger charge is 2.43. The molecule has 152 valence electrons. The van der Waals surface area contributed by atoms with E-state index in [1.54, 1.807) is 0 Å². The molecule has 1 unspecified atom stereocenters. The summed E-state index contributed by atoms with van der Waals surface area (Å²) >= 11 is 1.53. The lowest BCUT2D eigenvalue weighted by Gasteiger charge is -2.32. The molecule has 3 rings (SSSR count). The fourth-order valence-corrected chi connectivity index (χ4v) is 3.67. The first-order chi connectivity index (χ1) is 13.1. The lowest BCUT2D eigenvalue weighted by molar-refractivity contribution is -0.122. The molecule has 1 saturated carbocycles. The lowest BCUT2D eigenvalue weighted by atomic mass is 9.95. The SMILES string of the molecule is CC(C)(C)OC(=O)NCC(C)(NC(=O)Cc1coc(-c2cccs2)n1)C1CC1. The topological polar surface area (TPSA) is 93.5 Å². The maximum atomic E-state index is 12.6. The largest absolute Gasteiger partial charge is 0.444 e. The molecule has 0 aliphatic heterocycles. The Morgan fingerprint density at radius 2 is 2.07 bits per heavy atom. The van der Waals surface area contributed by atoms with Crippen LogP contribution in [-0.4, -0.2) is 34.7 Å². The molecule has 2 N–H and O–H groups in total. The summed E-state index contributed by atoms with van der Waals surface area (Å²) in [6.07, 6.45) is 3.22. The summed E-state index contributed by atoms with van der Waals surface area (Å²) in [4.78, 5) is 29.9. The van der Waals surface area contributed by atoms with Gasteiger partial charge in [0.1, 0.15) is 11.9 Å². The van der Waals surface area contributed by atoms with Crippen LogP contribution in [0.4, 0.5) is 4.79 Å². The normalized spacial score (nSPS) is 16.3. The van der Waals surface area contributed by atoms with E-state index in [0.29, 0.717) is 24.0 Å². The Morgan fingerprint density at radius 3 is 2.68 bits per heavy atom. The van der Waals surface area contributed by atoms with Gasteiger partial charge in [-0.25, -0.2) is 9.78 Å². The molecule has 2 aromatic heterocycles. The number of thiophene rings is 1. The third kappa shape index (κ3) is 5.58. The molecule has 8 heteroatoms. The second kappa shape index (κ2) is 7.95. The highest BCUT2D eigenvalue weighted by atomic mass is 32.1. The van der Waals surface area contributed by atoms with Gasteiger partial charge in [0.25, 0.3) is 0 Å². The second-order valence-corrected chi connectivity index (χ2v) is 9.34. The molecule has 2 aromatic rings. The van der Waals surface area contributed by atoms with E-state index >= 15 is 0 Å². The van der Waals surface area contributed by atoms with Gasteiger partial charge in [0.2, 0.25) is 11.8 Å². The van der Waals surface area contributed by atoms with Crippen molar-refractivity contribution in [1.29, 1.82) is 0 Å². The van der Waals surface area contributed by atoms with E-state index in [1.165, 1.54) is 17.6 Å². The Kier molecular flexibility index (Phi) is 5.79. The van der Waals surface area contributed by atoms with Gasteiger partial charge in [0.05, 0.1) is 22.5 Å².